The van der Waals surface area contributed by atoms with Crippen molar-refractivity contribution < 1.29 is 17.6 Å². The number of carbonyl (C=O) groups is 1. The van der Waals surface area contributed by atoms with E-state index in [1.807, 2.05) is 30.5 Å². The number of rotatable bonds is 7. The molecule has 0 aliphatic carbocycles. The number of amides is 1. The van der Waals surface area contributed by atoms with Crippen molar-refractivity contribution in [3.63, 3.8) is 0 Å². The lowest BCUT2D eigenvalue weighted by atomic mass is 10.1. The number of halogens is 1. The lowest BCUT2D eigenvalue weighted by Crippen LogP contribution is -2.27. The molecular weight excluding hydrogens is 355 g/mol. The number of hydrogen-bond donors (Lipinski definition) is 2. The highest BCUT2D eigenvalue weighted by molar-refractivity contribution is 7.91. The Hall–Kier alpha value is -2.67. The molecule has 0 aliphatic rings. The number of para-hydroxylation sites is 1. The summed E-state index contributed by atoms with van der Waals surface area (Å²) < 4.78 is 37.2. The Morgan fingerprint density at radius 3 is 2.58 bits per heavy atom. The van der Waals surface area contributed by atoms with E-state index in [1.165, 1.54) is 12.1 Å². The maximum atomic E-state index is 12.9. The largest absolute Gasteiger partial charge is 0.361 e. The Kier molecular flexibility index (Phi) is 5.37. The van der Waals surface area contributed by atoms with Crippen LogP contribution in [-0.2, 0) is 21.1 Å². The van der Waals surface area contributed by atoms with Crippen LogP contribution < -0.4 is 5.32 Å². The SMILES string of the molecule is O=C(CCS(=O)(=O)c1ccc(F)cc1)NCCc1c[nH]c2ccccc12. The Bertz CT molecular complexity index is 1010. The van der Waals surface area contributed by atoms with Crippen molar-refractivity contribution in [2.75, 3.05) is 12.3 Å². The summed E-state index contributed by atoms with van der Waals surface area (Å²) in [7, 11) is -3.60. The summed E-state index contributed by atoms with van der Waals surface area (Å²) in [5.41, 5.74) is 2.14. The van der Waals surface area contributed by atoms with Gasteiger partial charge in [0.05, 0.1) is 10.6 Å². The molecule has 0 fully saturated rings. The molecule has 7 heteroatoms. The number of fused-ring (bicyclic) bond motifs is 1. The molecule has 3 aromatic rings. The first-order valence-corrected chi connectivity index (χ1v) is 9.91. The predicted molar refractivity (Wildman–Crippen MR) is 98.1 cm³/mol. The number of H-pyrrole nitrogens is 1. The van der Waals surface area contributed by atoms with Gasteiger partial charge in [-0.2, -0.15) is 0 Å². The molecule has 0 unspecified atom stereocenters. The average molecular weight is 374 g/mol. The van der Waals surface area contributed by atoms with Gasteiger partial charge in [-0.1, -0.05) is 18.2 Å². The molecule has 0 aliphatic heterocycles. The van der Waals surface area contributed by atoms with Gasteiger partial charge in [0, 0.05) is 30.1 Å². The number of nitrogens with one attached hydrogen (secondary N) is 2. The molecule has 2 aromatic carbocycles. The van der Waals surface area contributed by atoms with Gasteiger partial charge in [-0.3, -0.25) is 4.79 Å². The molecule has 0 radical (unpaired) electrons. The van der Waals surface area contributed by atoms with Crippen LogP contribution in [0, 0.1) is 5.82 Å². The highest BCUT2D eigenvalue weighted by atomic mass is 32.2. The third-order valence-corrected chi connectivity index (χ3v) is 5.89. The van der Waals surface area contributed by atoms with Crippen LogP contribution in [0.3, 0.4) is 0 Å². The van der Waals surface area contributed by atoms with Crippen LogP contribution >= 0.6 is 0 Å². The van der Waals surface area contributed by atoms with E-state index in [1.54, 1.807) is 0 Å². The van der Waals surface area contributed by atoms with Crippen molar-refractivity contribution in [2.45, 2.75) is 17.7 Å². The first kappa shape index (κ1) is 18.1. The minimum atomic E-state index is -3.60. The van der Waals surface area contributed by atoms with E-state index in [0.717, 1.165) is 28.6 Å². The Morgan fingerprint density at radius 1 is 1.08 bits per heavy atom. The molecule has 26 heavy (non-hydrogen) atoms. The maximum absolute atomic E-state index is 12.9. The monoisotopic (exact) mass is 374 g/mol. The fourth-order valence-electron chi connectivity index (χ4n) is 2.75. The summed E-state index contributed by atoms with van der Waals surface area (Å²) in [6.07, 6.45) is 2.43. The average Bonchev–Trinajstić information content (AvgIpc) is 3.04. The fourth-order valence-corrected chi connectivity index (χ4v) is 3.99. The molecule has 1 amide bonds. The van der Waals surface area contributed by atoms with Crippen LogP contribution in [-0.4, -0.2) is 31.6 Å². The lowest BCUT2D eigenvalue weighted by Gasteiger charge is -2.06. The van der Waals surface area contributed by atoms with Crippen molar-refractivity contribution in [3.8, 4) is 0 Å². The van der Waals surface area contributed by atoms with Gasteiger partial charge in [-0.15, -0.1) is 0 Å². The first-order chi connectivity index (χ1) is 12.5. The Morgan fingerprint density at radius 2 is 1.81 bits per heavy atom. The number of carbonyl (C=O) groups excluding carboxylic acids is 1. The minimum absolute atomic E-state index is 0.0190. The molecule has 1 heterocycles. The summed E-state index contributed by atoms with van der Waals surface area (Å²) in [4.78, 5) is 15.1. The number of hydrogen-bond acceptors (Lipinski definition) is 3. The molecule has 1 aromatic heterocycles. The number of sulfone groups is 1. The van der Waals surface area contributed by atoms with E-state index in [4.69, 9.17) is 0 Å². The summed E-state index contributed by atoms with van der Waals surface area (Å²) in [6.45, 7) is 0.428. The standard InChI is InChI=1S/C19H19FN2O3S/c20-15-5-7-16(8-6-15)26(24,25)12-10-19(23)21-11-9-14-13-22-18-4-2-1-3-17(14)18/h1-8,13,22H,9-12H2,(H,21,23). The van der Waals surface area contributed by atoms with Crippen molar-refractivity contribution in [2.24, 2.45) is 0 Å². The van der Waals surface area contributed by atoms with Crippen LogP contribution in [0.4, 0.5) is 4.39 Å². The number of benzene rings is 2. The zero-order valence-corrected chi connectivity index (χ0v) is 14.9. The minimum Gasteiger partial charge on any atom is -0.361 e. The smallest absolute Gasteiger partial charge is 0.221 e. The van der Waals surface area contributed by atoms with Gasteiger partial charge in [0.15, 0.2) is 9.84 Å². The van der Waals surface area contributed by atoms with E-state index in [0.29, 0.717) is 13.0 Å². The zero-order chi connectivity index (χ0) is 18.6. The zero-order valence-electron chi connectivity index (χ0n) is 14.0. The van der Waals surface area contributed by atoms with E-state index in [-0.39, 0.29) is 23.0 Å². The molecule has 3 rings (SSSR count). The van der Waals surface area contributed by atoms with E-state index < -0.39 is 15.7 Å². The quantitative estimate of drug-likeness (QED) is 0.624. The molecule has 2 N–H and O–H groups in total. The lowest BCUT2D eigenvalue weighted by molar-refractivity contribution is -0.120. The van der Waals surface area contributed by atoms with Crippen molar-refractivity contribution >= 4 is 26.6 Å². The van der Waals surface area contributed by atoms with Gasteiger partial charge in [0.25, 0.3) is 0 Å². The Balaban J connectivity index is 1.49. The van der Waals surface area contributed by atoms with Gasteiger partial charge in [-0.05, 0) is 42.3 Å². The van der Waals surface area contributed by atoms with Crippen LogP contribution in [0.2, 0.25) is 0 Å². The highest BCUT2D eigenvalue weighted by Crippen LogP contribution is 2.17. The van der Waals surface area contributed by atoms with Gasteiger partial charge in [-0.25, -0.2) is 12.8 Å². The first-order valence-electron chi connectivity index (χ1n) is 8.26. The van der Waals surface area contributed by atoms with E-state index in [9.17, 15) is 17.6 Å². The van der Waals surface area contributed by atoms with E-state index >= 15 is 0 Å². The van der Waals surface area contributed by atoms with Crippen LogP contribution in [0.5, 0.6) is 0 Å². The Labute approximate surface area is 151 Å². The molecular formula is C19H19FN2O3S. The molecule has 5 nitrogen and oxygen atoms in total. The van der Waals surface area contributed by atoms with Crippen LogP contribution in [0.15, 0.2) is 59.6 Å². The van der Waals surface area contributed by atoms with E-state index in [2.05, 4.69) is 10.3 Å². The molecule has 0 atom stereocenters. The normalized spacial score (nSPS) is 11.6. The summed E-state index contributed by atoms with van der Waals surface area (Å²) in [5.74, 6) is -1.13. The number of aromatic amines is 1. The van der Waals surface area contributed by atoms with Crippen molar-refractivity contribution in [3.05, 3.63) is 66.1 Å². The van der Waals surface area contributed by atoms with Gasteiger partial charge < -0.3 is 10.3 Å². The van der Waals surface area contributed by atoms with Crippen LogP contribution in [0.25, 0.3) is 10.9 Å². The molecule has 0 saturated heterocycles. The summed E-state index contributed by atoms with van der Waals surface area (Å²) in [5, 5.41) is 3.85. The third-order valence-electron chi connectivity index (χ3n) is 4.16. The second-order valence-corrected chi connectivity index (χ2v) is 8.09. The van der Waals surface area contributed by atoms with Gasteiger partial charge >= 0.3 is 0 Å². The molecule has 0 spiro atoms. The fraction of sp³-hybridized carbons (Fsp3) is 0.211. The topological polar surface area (TPSA) is 79.0 Å². The van der Waals surface area contributed by atoms with Gasteiger partial charge in [0.1, 0.15) is 5.82 Å². The number of aromatic nitrogens is 1. The predicted octanol–water partition coefficient (Wildman–Crippen LogP) is 2.83. The molecule has 0 bridgehead atoms. The summed E-state index contributed by atoms with van der Waals surface area (Å²) >= 11 is 0. The second-order valence-electron chi connectivity index (χ2n) is 5.98. The summed E-state index contributed by atoms with van der Waals surface area (Å²) in [6, 6.07) is 12.5. The van der Waals surface area contributed by atoms with Gasteiger partial charge in [0.2, 0.25) is 5.91 Å². The molecule has 136 valence electrons. The van der Waals surface area contributed by atoms with Crippen LogP contribution in [0.1, 0.15) is 12.0 Å². The second kappa shape index (κ2) is 7.70. The van der Waals surface area contributed by atoms with Crippen molar-refractivity contribution in [1.29, 1.82) is 0 Å². The third kappa shape index (κ3) is 4.29. The highest BCUT2D eigenvalue weighted by Gasteiger charge is 2.16. The van der Waals surface area contributed by atoms with Crippen molar-refractivity contribution in [1.82, 2.24) is 10.3 Å². The molecule has 0 saturated carbocycles. The maximum Gasteiger partial charge on any atom is 0.221 e.